The summed E-state index contributed by atoms with van der Waals surface area (Å²) in [6, 6.07) is 17.5. The number of ether oxygens (including phenoxy) is 1. The van der Waals surface area contributed by atoms with Crippen molar-refractivity contribution >= 4 is 11.5 Å². The number of hydrogen-bond donors (Lipinski definition) is 1. The highest BCUT2D eigenvalue weighted by molar-refractivity contribution is 5.84. The molecular formula is C18H16O3. The van der Waals surface area contributed by atoms with Crippen molar-refractivity contribution in [2.45, 2.75) is 0 Å². The fraction of sp³-hybridized carbons (Fsp3) is 0.0556. The first-order valence-corrected chi connectivity index (χ1v) is 6.52. The zero-order valence-electron chi connectivity index (χ0n) is 11.7. The molecule has 0 spiro atoms. The van der Waals surface area contributed by atoms with E-state index in [1.54, 1.807) is 13.2 Å². The van der Waals surface area contributed by atoms with Gasteiger partial charge in [-0.1, -0.05) is 54.6 Å². The van der Waals surface area contributed by atoms with Gasteiger partial charge in [0.2, 0.25) is 0 Å². The van der Waals surface area contributed by atoms with Crippen LogP contribution in [-0.2, 0) is 4.79 Å². The Balaban J connectivity index is 2.42. The molecule has 0 radical (unpaired) electrons. The maximum absolute atomic E-state index is 10.6. The van der Waals surface area contributed by atoms with Crippen LogP contribution in [0.2, 0.25) is 0 Å². The van der Waals surface area contributed by atoms with Gasteiger partial charge in [0.25, 0.3) is 0 Å². The van der Waals surface area contributed by atoms with Crippen LogP contribution in [0.5, 0.6) is 5.75 Å². The second-order valence-electron chi connectivity index (χ2n) is 4.37. The SMILES string of the molecule is COc1ccc(C(=CC=CC(=O)O)c2ccccc2)cc1. The number of benzene rings is 2. The predicted molar refractivity (Wildman–Crippen MR) is 83.3 cm³/mol. The molecule has 21 heavy (non-hydrogen) atoms. The summed E-state index contributed by atoms with van der Waals surface area (Å²) in [6.07, 6.45) is 4.45. The molecule has 2 aromatic rings. The lowest BCUT2D eigenvalue weighted by atomic mass is 9.97. The first-order chi connectivity index (χ1) is 10.2. The van der Waals surface area contributed by atoms with Crippen molar-refractivity contribution in [2.75, 3.05) is 7.11 Å². The van der Waals surface area contributed by atoms with Gasteiger partial charge in [-0.2, -0.15) is 0 Å². The summed E-state index contributed by atoms with van der Waals surface area (Å²) in [7, 11) is 1.62. The number of hydrogen-bond acceptors (Lipinski definition) is 2. The summed E-state index contributed by atoms with van der Waals surface area (Å²) < 4.78 is 5.16. The van der Waals surface area contributed by atoms with E-state index in [0.29, 0.717) is 0 Å². The molecule has 0 atom stereocenters. The minimum absolute atomic E-state index is 0.784. The third-order valence-electron chi connectivity index (χ3n) is 2.99. The molecule has 106 valence electrons. The standard InChI is InChI=1S/C18H16O3/c1-21-16-12-10-15(11-13-16)17(8-5-9-18(19)20)14-6-3-2-4-7-14/h2-13H,1H3,(H,19,20). The van der Waals surface area contributed by atoms with Gasteiger partial charge in [0.1, 0.15) is 5.75 Å². The molecule has 0 saturated heterocycles. The Bertz CT molecular complexity index is 653. The van der Waals surface area contributed by atoms with E-state index in [1.807, 2.05) is 54.6 Å². The van der Waals surface area contributed by atoms with Crippen molar-refractivity contribution in [1.82, 2.24) is 0 Å². The second kappa shape index (κ2) is 7.10. The van der Waals surface area contributed by atoms with Crippen LogP contribution in [0.3, 0.4) is 0 Å². The molecule has 0 fully saturated rings. The smallest absolute Gasteiger partial charge is 0.328 e. The Labute approximate surface area is 123 Å². The lowest BCUT2D eigenvalue weighted by Gasteiger charge is -2.08. The third kappa shape index (κ3) is 4.08. The predicted octanol–water partition coefficient (Wildman–Crippen LogP) is 3.77. The zero-order valence-corrected chi connectivity index (χ0v) is 11.7. The normalized spacial score (nSPS) is 11.6. The van der Waals surface area contributed by atoms with Gasteiger partial charge >= 0.3 is 5.97 Å². The Morgan fingerprint density at radius 2 is 1.62 bits per heavy atom. The lowest BCUT2D eigenvalue weighted by Crippen LogP contribution is -1.89. The molecular weight excluding hydrogens is 264 g/mol. The number of aliphatic carboxylic acids is 1. The summed E-state index contributed by atoms with van der Waals surface area (Å²) in [5.74, 6) is -0.180. The van der Waals surface area contributed by atoms with Gasteiger partial charge in [0.05, 0.1) is 7.11 Å². The average Bonchev–Trinajstić information content (AvgIpc) is 2.52. The molecule has 0 aliphatic heterocycles. The van der Waals surface area contributed by atoms with Crippen molar-refractivity contribution in [3.63, 3.8) is 0 Å². The number of methoxy groups -OCH3 is 1. The number of rotatable bonds is 5. The molecule has 0 bridgehead atoms. The summed E-state index contributed by atoms with van der Waals surface area (Å²) in [5, 5.41) is 8.70. The Morgan fingerprint density at radius 3 is 2.19 bits per heavy atom. The van der Waals surface area contributed by atoms with Gasteiger partial charge in [-0.25, -0.2) is 4.79 Å². The van der Waals surface area contributed by atoms with E-state index < -0.39 is 5.97 Å². The highest BCUT2D eigenvalue weighted by Crippen LogP contribution is 2.25. The summed E-state index contributed by atoms with van der Waals surface area (Å²) in [6.45, 7) is 0. The summed E-state index contributed by atoms with van der Waals surface area (Å²) in [4.78, 5) is 10.6. The molecule has 0 aliphatic carbocycles. The van der Waals surface area contributed by atoms with Crippen LogP contribution < -0.4 is 4.74 Å². The van der Waals surface area contributed by atoms with Gasteiger partial charge in [-0.05, 0) is 28.8 Å². The number of allylic oxidation sites excluding steroid dienone is 2. The van der Waals surface area contributed by atoms with E-state index in [0.717, 1.165) is 28.5 Å². The molecule has 3 nitrogen and oxygen atoms in total. The molecule has 0 aliphatic rings. The van der Waals surface area contributed by atoms with Crippen LogP contribution in [0.4, 0.5) is 0 Å². The number of carboxylic acids is 1. The van der Waals surface area contributed by atoms with Crippen molar-refractivity contribution in [3.8, 4) is 5.75 Å². The molecule has 0 aromatic heterocycles. The van der Waals surface area contributed by atoms with E-state index >= 15 is 0 Å². The molecule has 0 amide bonds. The maximum atomic E-state index is 10.6. The van der Waals surface area contributed by atoms with Crippen LogP contribution in [0.25, 0.3) is 5.57 Å². The molecule has 2 rings (SSSR count). The van der Waals surface area contributed by atoms with Gasteiger partial charge in [0.15, 0.2) is 0 Å². The Morgan fingerprint density at radius 1 is 1.00 bits per heavy atom. The number of carbonyl (C=O) groups is 1. The first kappa shape index (κ1) is 14.6. The molecule has 2 aromatic carbocycles. The minimum atomic E-state index is -0.964. The highest BCUT2D eigenvalue weighted by atomic mass is 16.5. The topological polar surface area (TPSA) is 46.5 Å². The van der Waals surface area contributed by atoms with E-state index in [4.69, 9.17) is 9.84 Å². The van der Waals surface area contributed by atoms with Crippen molar-refractivity contribution < 1.29 is 14.6 Å². The van der Waals surface area contributed by atoms with E-state index in [9.17, 15) is 4.79 Å². The molecule has 1 N–H and O–H groups in total. The Kier molecular flexibility index (Phi) is 4.94. The highest BCUT2D eigenvalue weighted by Gasteiger charge is 2.04. The van der Waals surface area contributed by atoms with Crippen LogP contribution in [0, 0.1) is 0 Å². The van der Waals surface area contributed by atoms with E-state index in [2.05, 4.69) is 0 Å². The van der Waals surface area contributed by atoms with E-state index in [1.165, 1.54) is 6.08 Å². The summed E-state index contributed by atoms with van der Waals surface area (Å²) >= 11 is 0. The van der Waals surface area contributed by atoms with Crippen molar-refractivity contribution in [1.29, 1.82) is 0 Å². The lowest BCUT2D eigenvalue weighted by molar-refractivity contribution is -0.131. The maximum Gasteiger partial charge on any atom is 0.328 e. The fourth-order valence-electron chi connectivity index (χ4n) is 1.97. The van der Waals surface area contributed by atoms with Crippen molar-refractivity contribution in [2.24, 2.45) is 0 Å². The quantitative estimate of drug-likeness (QED) is 0.670. The molecule has 0 heterocycles. The first-order valence-electron chi connectivity index (χ1n) is 6.52. The average molecular weight is 280 g/mol. The van der Waals surface area contributed by atoms with Gasteiger partial charge in [-0.3, -0.25) is 0 Å². The van der Waals surface area contributed by atoms with Crippen LogP contribution in [-0.4, -0.2) is 18.2 Å². The molecule has 3 heteroatoms. The largest absolute Gasteiger partial charge is 0.497 e. The molecule has 0 saturated carbocycles. The Hall–Kier alpha value is -2.81. The zero-order chi connectivity index (χ0) is 15.1. The minimum Gasteiger partial charge on any atom is -0.497 e. The van der Waals surface area contributed by atoms with Gasteiger partial charge in [0, 0.05) is 6.08 Å². The van der Waals surface area contributed by atoms with E-state index in [-0.39, 0.29) is 0 Å². The van der Waals surface area contributed by atoms with Gasteiger partial charge < -0.3 is 9.84 Å². The van der Waals surface area contributed by atoms with Crippen LogP contribution in [0.15, 0.2) is 72.8 Å². The summed E-state index contributed by atoms with van der Waals surface area (Å²) in [5.41, 5.74) is 2.98. The number of carboxylic acid groups (broad SMARTS) is 1. The van der Waals surface area contributed by atoms with Crippen LogP contribution >= 0.6 is 0 Å². The van der Waals surface area contributed by atoms with Crippen molar-refractivity contribution in [3.05, 3.63) is 84.0 Å². The molecule has 0 unspecified atom stereocenters. The fourth-order valence-corrected chi connectivity index (χ4v) is 1.97. The van der Waals surface area contributed by atoms with Gasteiger partial charge in [-0.15, -0.1) is 0 Å². The monoisotopic (exact) mass is 280 g/mol. The van der Waals surface area contributed by atoms with Crippen LogP contribution in [0.1, 0.15) is 11.1 Å². The second-order valence-corrected chi connectivity index (χ2v) is 4.37. The third-order valence-corrected chi connectivity index (χ3v) is 2.99.